The van der Waals surface area contributed by atoms with E-state index in [0.717, 1.165) is 73.1 Å². The van der Waals surface area contributed by atoms with Gasteiger partial charge in [0.15, 0.2) is 5.75 Å². The Balaban J connectivity index is 2.06. The Bertz CT molecular complexity index is 1200. The zero-order valence-electron chi connectivity index (χ0n) is 22.8. The van der Waals surface area contributed by atoms with Crippen LogP contribution < -0.4 is 10.3 Å². The monoisotopic (exact) mass is 524 g/mol. The molecule has 0 saturated heterocycles. The Morgan fingerprint density at radius 1 is 1.00 bits per heavy atom. The first-order chi connectivity index (χ1) is 17.9. The van der Waals surface area contributed by atoms with Crippen molar-refractivity contribution in [3.63, 3.8) is 0 Å². The Labute approximate surface area is 224 Å². The van der Waals surface area contributed by atoms with E-state index < -0.39 is 0 Å². The number of aryl methyl sites for hydroxylation is 4. The SMILES string of the molecule is CCCCc1nc(C)n(-c2ncc(OCCSC)cn2)c(=O)c1Cc1cc(CCC)c(O)c(CCC)c1. The molecule has 0 radical (unpaired) electrons. The molecule has 7 nitrogen and oxygen atoms in total. The van der Waals surface area contributed by atoms with Gasteiger partial charge in [-0.1, -0.05) is 52.2 Å². The third-order valence-electron chi connectivity index (χ3n) is 6.31. The number of rotatable bonds is 14. The lowest BCUT2D eigenvalue weighted by Gasteiger charge is -2.16. The summed E-state index contributed by atoms with van der Waals surface area (Å²) in [4.78, 5) is 27.6. The fourth-order valence-electron chi connectivity index (χ4n) is 4.48. The average molecular weight is 525 g/mol. The van der Waals surface area contributed by atoms with Gasteiger partial charge in [-0.25, -0.2) is 19.5 Å². The molecule has 2 aromatic heterocycles. The van der Waals surface area contributed by atoms with E-state index in [1.54, 1.807) is 24.2 Å². The number of hydrogen-bond acceptors (Lipinski definition) is 7. The Morgan fingerprint density at radius 2 is 1.65 bits per heavy atom. The maximum atomic E-state index is 13.9. The van der Waals surface area contributed by atoms with Crippen LogP contribution in [0, 0.1) is 6.92 Å². The summed E-state index contributed by atoms with van der Waals surface area (Å²) in [5.74, 6) is 2.71. The summed E-state index contributed by atoms with van der Waals surface area (Å²) in [6.45, 7) is 8.75. The minimum absolute atomic E-state index is 0.142. The maximum Gasteiger partial charge on any atom is 0.264 e. The third kappa shape index (κ3) is 7.34. The van der Waals surface area contributed by atoms with Crippen molar-refractivity contribution >= 4 is 11.8 Å². The van der Waals surface area contributed by atoms with Gasteiger partial charge >= 0.3 is 0 Å². The van der Waals surface area contributed by atoms with Crippen LogP contribution in [0.2, 0.25) is 0 Å². The number of ether oxygens (including phenoxy) is 1. The molecule has 0 aliphatic rings. The highest BCUT2D eigenvalue weighted by Gasteiger charge is 2.19. The van der Waals surface area contributed by atoms with Gasteiger partial charge in [-0.05, 0) is 55.6 Å². The molecule has 0 aliphatic heterocycles. The zero-order chi connectivity index (χ0) is 26.8. The average Bonchev–Trinajstić information content (AvgIpc) is 2.88. The molecule has 0 saturated carbocycles. The van der Waals surface area contributed by atoms with Crippen LogP contribution in [0.4, 0.5) is 0 Å². The van der Waals surface area contributed by atoms with Gasteiger partial charge in [0.05, 0.1) is 24.7 Å². The molecule has 0 bridgehead atoms. The number of unbranched alkanes of at least 4 members (excludes halogenated alkanes) is 1. The second-order valence-corrected chi connectivity index (χ2v) is 10.3. The summed E-state index contributed by atoms with van der Waals surface area (Å²) in [5.41, 5.74) is 4.27. The fourth-order valence-corrected chi connectivity index (χ4v) is 4.73. The van der Waals surface area contributed by atoms with Crippen molar-refractivity contribution in [3.05, 3.63) is 68.7 Å². The van der Waals surface area contributed by atoms with Crippen LogP contribution in [0.3, 0.4) is 0 Å². The van der Waals surface area contributed by atoms with E-state index in [0.29, 0.717) is 41.9 Å². The maximum absolute atomic E-state index is 13.9. The second kappa shape index (κ2) is 14.2. The van der Waals surface area contributed by atoms with E-state index in [1.165, 1.54) is 4.57 Å². The molecular weight excluding hydrogens is 484 g/mol. The Morgan fingerprint density at radius 3 is 2.22 bits per heavy atom. The number of hydrogen-bond donors (Lipinski definition) is 1. The first-order valence-corrected chi connectivity index (χ1v) is 14.7. The van der Waals surface area contributed by atoms with Gasteiger partial charge in [-0.3, -0.25) is 4.79 Å². The normalized spacial score (nSPS) is 11.2. The van der Waals surface area contributed by atoms with Gasteiger partial charge in [0.2, 0.25) is 5.95 Å². The first kappa shape index (κ1) is 28.7. The second-order valence-electron chi connectivity index (χ2n) is 9.33. The lowest BCUT2D eigenvalue weighted by Crippen LogP contribution is -2.29. The van der Waals surface area contributed by atoms with Gasteiger partial charge in [0, 0.05) is 17.7 Å². The minimum Gasteiger partial charge on any atom is -0.507 e. The molecule has 0 aliphatic carbocycles. The molecule has 200 valence electrons. The largest absolute Gasteiger partial charge is 0.507 e. The van der Waals surface area contributed by atoms with Crippen molar-refractivity contribution in [1.29, 1.82) is 0 Å². The van der Waals surface area contributed by atoms with Gasteiger partial charge in [-0.2, -0.15) is 11.8 Å². The fraction of sp³-hybridized carbons (Fsp3) is 0.517. The molecule has 8 heteroatoms. The molecule has 37 heavy (non-hydrogen) atoms. The van der Waals surface area contributed by atoms with Crippen molar-refractivity contribution in [3.8, 4) is 17.4 Å². The predicted octanol–water partition coefficient (Wildman–Crippen LogP) is 5.62. The number of thioether (sulfide) groups is 1. The summed E-state index contributed by atoms with van der Waals surface area (Å²) >= 11 is 1.71. The van der Waals surface area contributed by atoms with Gasteiger partial charge in [-0.15, -0.1) is 0 Å². The van der Waals surface area contributed by atoms with Crippen LogP contribution in [0.5, 0.6) is 11.5 Å². The van der Waals surface area contributed by atoms with Crippen LogP contribution in [-0.4, -0.2) is 43.2 Å². The highest BCUT2D eigenvalue weighted by molar-refractivity contribution is 7.98. The standard InChI is InChI=1S/C29H40N4O3S/c1-6-9-12-26-25(17-21-15-22(10-7-2)27(34)23(16-21)11-8-3)28(35)33(20(4)32-26)29-30-18-24(19-31-29)36-13-14-37-5/h15-16,18-19,34H,6-14,17H2,1-5H3. The van der Waals surface area contributed by atoms with E-state index in [-0.39, 0.29) is 5.56 Å². The van der Waals surface area contributed by atoms with Crippen molar-refractivity contribution in [2.24, 2.45) is 0 Å². The van der Waals surface area contributed by atoms with Crippen LogP contribution in [-0.2, 0) is 25.7 Å². The van der Waals surface area contributed by atoms with Crippen molar-refractivity contribution in [2.75, 3.05) is 18.6 Å². The van der Waals surface area contributed by atoms with Gasteiger partial charge < -0.3 is 9.84 Å². The highest BCUT2D eigenvalue weighted by Crippen LogP contribution is 2.28. The zero-order valence-corrected chi connectivity index (χ0v) is 23.7. The van der Waals surface area contributed by atoms with E-state index in [1.807, 2.05) is 25.3 Å². The highest BCUT2D eigenvalue weighted by atomic mass is 32.2. The lowest BCUT2D eigenvalue weighted by molar-refractivity contribution is 0.341. The Kier molecular flexibility index (Phi) is 11.0. The summed E-state index contributed by atoms with van der Waals surface area (Å²) in [6, 6.07) is 4.09. The smallest absolute Gasteiger partial charge is 0.264 e. The molecule has 1 aromatic carbocycles. The topological polar surface area (TPSA) is 90.1 Å². The molecule has 3 rings (SSSR count). The quantitative estimate of drug-likeness (QED) is 0.274. The lowest BCUT2D eigenvalue weighted by atomic mass is 9.94. The molecule has 0 fully saturated rings. The Hall–Kier alpha value is -2.87. The predicted molar refractivity (Wildman–Crippen MR) is 152 cm³/mol. The number of phenolic OH excluding ortho intramolecular Hbond substituents is 1. The number of aromatic nitrogens is 4. The van der Waals surface area contributed by atoms with Crippen molar-refractivity contribution < 1.29 is 9.84 Å². The minimum atomic E-state index is -0.142. The molecule has 1 N–H and O–H groups in total. The van der Waals surface area contributed by atoms with Crippen molar-refractivity contribution in [1.82, 2.24) is 19.5 Å². The van der Waals surface area contributed by atoms with E-state index in [4.69, 9.17) is 9.72 Å². The van der Waals surface area contributed by atoms with E-state index in [9.17, 15) is 9.90 Å². The third-order valence-corrected chi connectivity index (χ3v) is 6.89. The van der Waals surface area contributed by atoms with Crippen LogP contribution >= 0.6 is 11.8 Å². The van der Waals surface area contributed by atoms with E-state index >= 15 is 0 Å². The summed E-state index contributed by atoms with van der Waals surface area (Å²) in [7, 11) is 0. The van der Waals surface area contributed by atoms with Crippen LogP contribution in [0.1, 0.15) is 80.2 Å². The van der Waals surface area contributed by atoms with Crippen molar-refractivity contribution in [2.45, 2.75) is 79.1 Å². The first-order valence-electron chi connectivity index (χ1n) is 13.3. The van der Waals surface area contributed by atoms with Crippen LogP contribution in [0.25, 0.3) is 5.95 Å². The summed E-state index contributed by atoms with van der Waals surface area (Å²) in [6.07, 6.45) is 11.9. The molecule has 0 unspecified atom stereocenters. The molecule has 0 amide bonds. The number of benzene rings is 1. The molecular formula is C29H40N4O3S. The number of nitrogens with zero attached hydrogens (tertiary/aromatic N) is 4. The number of phenols is 1. The van der Waals surface area contributed by atoms with Gasteiger partial charge in [0.25, 0.3) is 5.56 Å². The molecule has 3 aromatic rings. The summed E-state index contributed by atoms with van der Waals surface area (Å²) < 4.78 is 7.16. The molecule has 2 heterocycles. The summed E-state index contributed by atoms with van der Waals surface area (Å²) in [5, 5.41) is 10.8. The number of aromatic hydroxyl groups is 1. The molecule has 0 atom stereocenters. The van der Waals surface area contributed by atoms with E-state index in [2.05, 4.69) is 30.7 Å². The van der Waals surface area contributed by atoms with Crippen LogP contribution in [0.15, 0.2) is 29.3 Å². The van der Waals surface area contributed by atoms with Gasteiger partial charge in [0.1, 0.15) is 11.6 Å². The molecule has 0 spiro atoms.